The van der Waals surface area contributed by atoms with Gasteiger partial charge in [-0.1, -0.05) is 35.9 Å². The fourth-order valence-corrected chi connectivity index (χ4v) is 3.44. The summed E-state index contributed by atoms with van der Waals surface area (Å²) in [4.78, 5) is 12.5. The average molecular weight is 376 g/mol. The maximum Gasteiger partial charge on any atom is 0.251 e. The number of benzene rings is 2. The zero-order chi connectivity index (χ0) is 19.2. The van der Waals surface area contributed by atoms with Crippen LogP contribution in [0.1, 0.15) is 34.5 Å². The molecule has 0 saturated heterocycles. The topological polar surface area (TPSA) is 84.5 Å². The summed E-state index contributed by atoms with van der Waals surface area (Å²) in [5, 5.41) is 2.89. The molecule has 2 aromatic carbocycles. The van der Waals surface area contributed by atoms with Crippen molar-refractivity contribution in [2.45, 2.75) is 24.8 Å². The number of methoxy groups -OCH3 is 1. The van der Waals surface area contributed by atoms with Crippen LogP contribution in [0.2, 0.25) is 0 Å². The number of amides is 1. The number of hydrogen-bond acceptors (Lipinski definition) is 4. The van der Waals surface area contributed by atoms with E-state index in [9.17, 15) is 13.2 Å². The molecule has 1 atom stereocenters. The van der Waals surface area contributed by atoms with E-state index >= 15 is 0 Å². The number of ether oxygens (including phenoxy) is 1. The minimum absolute atomic E-state index is 0.0456. The predicted octanol–water partition coefficient (Wildman–Crippen LogP) is 2.41. The van der Waals surface area contributed by atoms with E-state index in [1.54, 1.807) is 12.1 Å². The van der Waals surface area contributed by atoms with Crippen LogP contribution in [-0.4, -0.2) is 34.6 Å². The third-order valence-electron chi connectivity index (χ3n) is 3.93. The molecule has 0 bridgehead atoms. The third-order valence-corrected chi connectivity index (χ3v) is 5.39. The lowest BCUT2D eigenvalue weighted by Crippen LogP contribution is -2.29. The molecule has 7 heteroatoms. The van der Waals surface area contributed by atoms with Gasteiger partial charge >= 0.3 is 0 Å². The Kier molecular flexibility index (Phi) is 6.90. The summed E-state index contributed by atoms with van der Waals surface area (Å²) in [7, 11) is -2.19. The van der Waals surface area contributed by atoms with Gasteiger partial charge in [-0.05, 0) is 37.6 Å². The molecule has 0 saturated carbocycles. The highest BCUT2D eigenvalue weighted by atomic mass is 32.2. The lowest BCUT2D eigenvalue weighted by atomic mass is 10.1. The van der Waals surface area contributed by atoms with Crippen molar-refractivity contribution in [3.63, 3.8) is 0 Å². The van der Waals surface area contributed by atoms with Crippen molar-refractivity contribution in [1.29, 1.82) is 0 Å². The molecule has 0 radical (unpaired) electrons. The Morgan fingerprint density at radius 3 is 2.50 bits per heavy atom. The molecule has 1 unspecified atom stereocenters. The lowest BCUT2D eigenvalue weighted by Gasteiger charge is -2.15. The van der Waals surface area contributed by atoms with Gasteiger partial charge in [0.2, 0.25) is 10.0 Å². The first kappa shape index (κ1) is 20.1. The fourth-order valence-electron chi connectivity index (χ4n) is 2.38. The molecule has 2 rings (SSSR count). The zero-order valence-electron chi connectivity index (χ0n) is 15.2. The summed E-state index contributed by atoms with van der Waals surface area (Å²) in [6.07, 6.45) is 0. The quantitative estimate of drug-likeness (QED) is 0.693. The van der Waals surface area contributed by atoms with Gasteiger partial charge in [-0.25, -0.2) is 13.1 Å². The Hall–Kier alpha value is -2.22. The lowest BCUT2D eigenvalue weighted by molar-refractivity contribution is 0.0939. The van der Waals surface area contributed by atoms with Crippen molar-refractivity contribution in [2.24, 2.45) is 0 Å². The second-order valence-corrected chi connectivity index (χ2v) is 7.79. The number of sulfonamides is 1. The van der Waals surface area contributed by atoms with Crippen molar-refractivity contribution in [1.82, 2.24) is 10.0 Å². The van der Waals surface area contributed by atoms with Crippen molar-refractivity contribution in [2.75, 3.05) is 20.3 Å². The fraction of sp³-hybridized carbons (Fsp3) is 0.316. The summed E-state index contributed by atoms with van der Waals surface area (Å²) < 4.78 is 31.8. The maximum absolute atomic E-state index is 12.5. The van der Waals surface area contributed by atoms with Crippen molar-refractivity contribution >= 4 is 15.9 Å². The third kappa shape index (κ3) is 5.39. The summed E-state index contributed by atoms with van der Waals surface area (Å²) >= 11 is 0. The molecule has 2 N–H and O–H groups in total. The minimum Gasteiger partial charge on any atom is -0.383 e. The van der Waals surface area contributed by atoms with E-state index in [2.05, 4.69) is 10.0 Å². The molecule has 26 heavy (non-hydrogen) atoms. The number of rotatable bonds is 8. The van der Waals surface area contributed by atoms with Crippen LogP contribution in [0, 0.1) is 6.92 Å². The Morgan fingerprint density at radius 1 is 1.15 bits per heavy atom. The SMILES string of the molecule is COCCNS(=O)(=O)c1cccc(C(=O)NC(C)c2ccc(C)cc2)c1. The van der Waals surface area contributed by atoms with Gasteiger partial charge in [-0.15, -0.1) is 0 Å². The highest BCUT2D eigenvalue weighted by molar-refractivity contribution is 7.89. The van der Waals surface area contributed by atoms with Gasteiger partial charge in [-0.2, -0.15) is 0 Å². The van der Waals surface area contributed by atoms with Gasteiger partial charge in [0.1, 0.15) is 0 Å². The number of aryl methyl sites for hydroxylation is 1. The van der Waals surface area contributed by atoms with E-state index in [1.165, 1.54) is 19.2 Å². The van der Waals surface area contributed by atoms with Crippen LogP contribution in [0.4, 0.5) is 0 Å². The van der Waals surface area contributed by atoms with Crippen molar-refractivity contribution in [3.8, 4) is 0 Å². The molecular weight excluding hydrogens is 352 g/mol. The first-order chi connectivity index (χ1) is 12.3. The van der Waals surface area contributed by atoms with Crippen LogP contribution < -0.4 is 10.0 Å². The Bertz CT molecular complexity index is 848. The second-order valence-electron chi connectivity index (χ2n) is 6.02. The standard InChI is InChI=1S/C19H24N2O4S/c1-14-7-9-16(10-8-14)15(2)21-19(22)17-5-4-6-18(13-17)26(23,24)20-11-12-25-3/h4-10,13,15,20H,11-12H2,1-3H3,(H,21,22). The molecule has 0 spiro atoms. The van der Waals surface area contributed by atoms with Crippen LogP contribution in [-0.2, 0) is 14.8 Å². The summed E-state index contributed by atoms with van der Waals surface area (Å²) in [5.74, 6) is -0.327. The summed E-state index contributed by atoms with van der Waals surface area (Å²) in [6.45, 7) is 4.32. The second kappa shape index (κ2) is 8.93. The Balaban J connectivity index is 2.11. The van der Waals surface area contributed by atoms with E-state index in [0.717, 1.165) is 11.1 Å². The van der Waals surface area contributed by atoms with Crippen LogP contribution in [0.25, 0.3) is 0 Å². The number of carbonyl (C=O) groups is 1. The summed E-state index contributed by atoms with van der Waals surface area (Å²) in [6, 6.07) is 13.7. The average Bonchev–Trinajstić information content (AvgIpc) is 2.62. The number of hydrogen-bond donors (Lipinski definition) is 2. The molecule has 0 aliphatic rings. The van der Waals surface area contributed by atoms with Gasteiger partial charge in [0.25, 0.3) is 5.91 Å². The molecule has 0 aromatic heterocycles. The first-order valence-electron chi connectivity index (χ1n) is 8.29. The number of nitrogens with one attached hydrogen (secondary N) is 2. The smallest absolute Gasteiger partial charge is 0.251 e. The van der Waals surface area contributed by atoms with Gasteiger partial charge in [0, 0.05) is 19.2 Å². The van der Waals surface area contributed by atoms with E-state index in [-0.39, 0.29) is 30.0 Å². The van der Waals surface area contributed by atoms with Gasteiger partial charge in [0.15, 0.2) is 0 Å². The normalized spacial score (nSPS) is 12.6. The first-order valence-corrected chi connectivity index (χ1v) is 9.78. The van der Waals surface area contributed by atoms with E-state index in [1.807, 2.05) is 38.1 Å². The van der Waals surface area contributed by atoms with Crippen LogP contribution in [0.15, 0.2) is 53.4 Å². The molecule has 2 aromatic rings. The molecular formula is C19H24N2O4S. The summed E-state index contributed by atoms with van der Waals surface area (Å²) in [5.41, 5.74) is 2.42. The van der Waals surface area contributed by atoms with Gasteiger partial charge in [0.05, 0.1) is 17.5 Å². The monoisotopic (exact) mass is 376 g/mol. The minimum atomic E-state index is -3.68. The zero-order valence-corrected chi connectivity index (χ0v) is 16.0. The Morgan fingerprint density at radius 2 is 1.85 bits per heavy atom. The van der Waals surface area contributed by atoms with Crippen molar-refractivity contribution in [3.05, 3.63) is 65.2 Å². The molecule has 0 fully saturated rings. The maximum atomic E-state index is 12.5. The Labute approximate surface area is 154 Å². The van der Waals surface area contributed by atoms with Crippen LogP contribution in [0.3, 0.4) is 0 Å². The number of carbonyl (C=O) groups excluding carboxylic acids is 1. The molecule has 0 aliphatic carbocycles. The molecule has 0 heterocycles. The largest absolute Gasteiger partial charge is 0.383 e. The highest BCUT2D eigenvalue weighted by Crippen LogP contribution is 2.16. The van der Waals surface area contributed by atoms with E-state index in [0.29, 0.717) is 5.56 Å². The van der Waals surface area contributed by atoms with E-state index in [4.69, 9.17) is 4.74 Å². The molecule has 1 amide bonds. The van der Waals surface area contributed by atoms with E-state index < -0.39 is 10.0 Å². The molecule has 0 aliphatic heterocycles. The van der Waals surface area contributed by atoms with Crippen LogP contribution >= 0.6 is 0 Å². The molecule has 6 nitrogen and oxygen atoms in total. The van der Waals surface area contributed by atoms with Gasteiger partial charge < -0.3 is 10.1 Å². The predicted molar refractivity (Wildman–Crippen MR) is 101 cm³/mol. The van der Waals surface area contributed by atoms with Crippen LogP contribution in [0.5, 0.6) is 0 Å². The van der Waals surface area contributed by atoms with Gasteiger partial charge in [-0.3, -0.25) is 4.79 Å². The highest BCUT2D eigenvalue weighted by Gasteiger charge is 2.17. The molecule has 140 valence electrons. The van der Waals surface area contributed by atoms with Crippen molar-refractivity contribution < 1.29 is 17.9 Å².